The lowest BCUT2D eigenvalue weighted by atomic mass is 10.1. The van der Waals surface area contributed by atoms with E-state index in [1.807, 2.05) is 29.2 Å². The van der Waals surface area contributed by atoms with Crippen LogP contribution in [0.4, 0.5) is 5.95 Å². The fourth-order valence-corrected chi connectivity index (χ4v) is 5.63. The Bertz CT molecular complexity index is 1300. The number of aromatic nitrogens is 2. The predicted molar refractivity (Wildman–Crippen MR) is 165 cm³/mol. The molecule has 2 aliphatic heterocycles. The molecule has 2 aromatic carbocycles. The normalized spacial score (nSPS) is 15.0. The van der Waals surface area contributed by atoms with Gasteiger partial charge in [0.15, 0.2) is 11.5 Å². The summed E-state index contributed by atoms with van der Waals surface area (Å²) in [5.41, 5.74) is 3.77. The Morgan fingerprint density at radius 1 is 0.951 bits per heavy atom. The molecule has 0 aliphatic carbocycles. The van der Waals surface area contributed by atoms with Crippen LogP contribution in [0.15, 0.2) is 36.4 Å². The summed E-state index contributed by atoms with van der Waals surface area (Å²) in [6, 6.07) is 12.1. The van der Waals surface area contributed by atoms with Crippen molar-refractivity contribution in [1.82, 2.24) is 19.4 Å². The van der Waals surface area contributed by atoms with Gasteiger partial charge in [-0.1, -0.05) is 33.8 Å². The van der Waals surface area contributed by atoms with Gasteiger partial charge in [-0.2, -0.15) is 0 Å². The third kappa shape index (κ3) is 7.53. The van der Waals surface area contributed by atoms with Gasteiger partial charge in [0.2, 0.25) is 12.7 Å². The zero-order chi connectivity index (χ0) is 28.8. The number of rotatable bonds is 14. The highest BCUT2D eigenvalue weighted by Gasteiger charge is 2.20. The number of benzene rings is 2. The molecule has 0 atom stereocenters. The highest BCUT2D eigenvalue weighted by molar-refractivity contribution is 5.97. The molecule has 1 fully saturated rings. The topological polar surface area (TPSA) is 71.9 Å². The van der Waals surface area contributed by atoms with E-state index >= 15 is 0 Å². The van der Waals surface area contributed by atoms with E-state index in [1.165, 1.54) is 25.9 Å². The Kier molecular flexibility index (Phi) is 9.70. The van der Waals surface area contributed by atoms with Crippen LogP contribution in [0.5, 0.6) is 11.5 Å². The summed E-state index contributed by atoms with van der Waals surface area (Å²) in [4.78, 5) is 23.3. The lowest BCUT2D eigenvalue weighted by molar-refractivity contribution is 0.0741. The summed E-state index contributed by atoms with van der Waals surface area (Å²) in [6.07, 6.45) is 5.65. The number of hydrogen-bond acceptors (Lipinski definition) is 6. The van der Waals surface area contributed by atoms with Crippen LogP contribution >= 0.6 is 0 Å². The van der Waals surface area contributed by atoms with E-state index in [0.29, 0.717) is 18.4 Å². The molecule has 0 radical (unpaired) electrons. The zero-order valence-corrected chi connectivity index (χ0v) is 25.3. The van der Waals surface area contributed by atoms with Crippen molar-refractivity contribution in [2.75, 3.05) is 44.8 Å². The molecule has 1 saturated heterocycles. The second kappa shape index (κ2) is 13.6. The molecule has 3 heterocycles. The van der Waals surface area contributed by atoms with E-state index in [-0.39, 0.29) is 12.7 Å². The van der Waals surface area contributed by atoms with Gasteiger partial charge in [-0.05, 0) is 99.5 Å². The van der Waals surface area contributed by atoms with Crippen molar-refractivity contribution in [3.63, 3.8) is 0 Å². The number of amides is 1. The summed E-state index contributed by atoms with van der Waals surface area (Å²) in [5, 5.41) is 3.57. The molecule has 0 spiro atoms. The summed E-state index contributed by atoms with van der Waals surface area (Å²) in [5.74, 6) is 3.64. The van der Waals surface area contributed by atoms with Crippen LogP contribution in [-0.2, 0) is 13.1 Å². The average molecular weight is 562 g/mol. The van der Waals surface area contributed by atoms with Crippen LogP contribution in [-0.4, -0.2) is 64.8 Å². The van der Waals surface area contributed by atoms with Gasteiger partial charge in [-0.15, -0.1) is 0 Å². The summed E-state index contributed by atoms with van der Waals surface area (Å²) in [7, 11) is 0. The predicted octanol–water partition coefficient (Wildman–Crippen LogP) is 6.40. The van der Waals surface area contributed by atoms with Gasteiger partial charge in [0.25, 0.3) is 5.91 Å². The Hall–Kier alpha value is -3.26. The van der Waals surface area contributed by atoms with Crippen molar-refractivity contribution in [3.05, 3.63) is 47.5 Å². The van der Waals surface area contributed by atoms with E-state index in [1.54, 1.807) is 0 Å². The fourth-order valence-electron chi connectivity index (χ4n) is 5.63. The maximum Gasteiger partial charge on any atom is 0.253 e. The van der Waals surface area contributed by atoms with Crippen molar-refractivity contribution in [2.45, 2.75) is 72.9 Å². The third-order valence-corrected chi connectivity index (χ3v) is 8.18. The van der Waals surface area contributed by atoms with Crippen LogP contribution < -0.4 is 14.8 Å². The van der Waals surface area contributed by atoms with E-state index in [0.717, 1.165) is 85.0 Å². The lowest BCUT2D eigenvalue weighted by Gasteiger charge is -2.25. The summed E-state index contributed by atoms with van der Waals surface area (Å²) in [6.45, 7) is 15.7. The number of likely N-dealkylation sites (tertiary alicyclic amines) is 1. The van der Waals surface area contributed by atoms with Crippen LogP contribution in [0.2, 0.25) is 0 Å². The van der Waals surface area contributed by atoms with Crippen LogP contribution in [0.3, 0.4) is 0 Å². The molecule has 41 heavy (non-hydrogen) atoms. The minimum absolute atomic E-state index is 0.118. The SMILES string of the molecule is CC(C)CCN(CCC(C)C)C(=O)c1ccc2nc(NCc3ccc4c(c3)OCO4)n(CCCN3CCCC3)c2c1. The molecule has 5 rings (SSSR count). The molecule has 3 aromatic rings. The number of nitrogens with one attached hydrogen (secondary N) is 1. The number of aryl methyl sites for hydroxylation is 1. The van der Waals surface area contributed by atoms with Gasteiger partial charge < -0.3 is 29.2 Å². The standard InChI is InChI=1S/C33H47N5O3/c1-24(2)12-18-37(19-13-25(3)4)32(39)27-9-10-28-29(21-27)38(17-7-16-36-14-5-6-15-36)33(35-28)34-22-26-8-11-30-31(20-26)41-23-40-30/h8-11,20-21,24-25H,5-7,12-19,22-23H2,1-4H3,(H,34,35). The van der Waals surface area contributed by atoms with Crippen molar-refractivity contribution < 1.29 is 14.3 Å². The highest BCUT2D eigenvalue weighted by Crippen LogP contribution is 2.33. The Labute approximate surface area is 245 Å². The molecule has 222 valence electrons. The quantitative estimate of drug-likeness (QED) is 0.246. The number of anilines is 1. The largest absolute Gasteiger partial charge is 0.454 e. The molecule has 8 heteroatoms. The molecule has 8 nitrogen and oxygen atoms in total. The number of ether oxygens (including phenoxy) is 2. The Balaban J connectivity index is 1.38. The second-order valence-electron chi connectivity index (χ2n) is 12.4. The molecule has 0 saturated carbocycles. The number of nitrogens with zero attached hydrogens (tertiary/aromatic N) is 4. The zero-order valence-electron chi connectivity index (χ0n) is 25.3. The van der Waals surface area contributed by atoms with Crippen LogP contribution in [0.25, 0.3) is 11.0 Å². The first kappa shape index (κ1) is 29.2. The smallest absolute Gasteiger partial charge is 0.253 e. The Morgan fingerprint density at radius 2 is 1.68 bits per heavy atom. The first-order chi connectivity index (χ1) is 19.9. The second-order valence-corrected chi connectivity index (χ2v) is 12.4. The molecular weight excluding hydrogens is 514 g/mol. The molecule has 0 unspecified atom stereocenters. The highest BCUT2D eigenvalue weighted by atomic mass is 16.7. The maximum absolute atomic E-state index is 13.8. The molecule has 0 bridgehead atoms. The first-order valence-electron chi connectivity index (χ1n) is 15.5. The third-order valence-electron chi connectivity index (χ3n) is 8.18. The summed E-state index contributed by atoms with van der Waals surface area (Å²) >= 11 is 0. The fraction of sp³-hybridized carbons (Fsp3) is 0.576. The number of carbonyl (C=O) groups excluding carboxylic acids is 1. The Morgan fingerprint density at radius 3 is 2.41 bits per heavy atom. The minimum atomic E-state index is 0.118. The molecule has 1 N–H and O–H groups in total. The summed E-state index contributed by atoms with van der Waals surface area (Å²) < 4.78 is 13.3. The van der Waals surface area contributed by atoms with E-state index < -0.39 is 0 Å². The van der Waals surface area contributed by atoms with E-state index in [9.17, 15) is 4.79 Å². The average Bonchev–Trinajstić information content (AvgIpc) is 3.71. The first-order valence-corrected chi connectivity index (χ1v) is 15.5. The number of hydrogen-bond donors (Lipinski definition) is 1. The van der Waals surface area contributed by atoms with Gasteiger partial charge >= 0.3 is 0 Å². The van der Waals surface area contributed by atoms with Crippen LogP contribution in [0, 0.1) is 11.8 Å². The van der Waals surface area contributed by atoms with E-state index in [2.05, 4.69) is 54.6 Å². The minimum Gasteiger partial charge on any atom is -0.454 e. The molecular formula is C33H47N5O3. The molecule has 1 aromatic heterocycles. The van der Waals surface area contributed by atoms with Crippen molar-refractivity contribution in [1.29, 1.82) is 0 Å². The monoisotopic (exact) mass is 561 g/mol. The van der Waals surface area contributed by atoms with Crippen molar-refractivity contribution >= 4 is 22.9 Å². The van der Waals surface area contributed by atoms with Gasteiger partial charge in [0.1, 0.15) is 0 Å². The molecule has 2 aliphatic rings. The van der Waals surface area contributed by atoms with Crippen molar-refractivity contribution in [3.8, 4) is 11.5 Å². The van der Waals surface area contributed by atoms with Gasteiger partial charge in [-0.25, -0.2) is 4.98 Å². The van der Waals surface area contributed by atoms with E-state index in [4.69, 9.17) is 14.5 Å². The van der Waals surface area contributed by atoms with Gasteiger partial charge in [0.05, 0.1) is 11.0 Å². The maximum atomic E-state index is 13.8. The lowest BCUT2D eigenvalue weighted by Crippen LogP contribution is -2.34. The van der Waals surface area contributed by atoms with Crippen molar-refractivity contribution in [2.24, 2.45) is 11.8 Å². The number of carbonyl (C=O) groups is 1. The van der Waals surface area contributed by atoms with Crippen LogP contribution in [0.1, 0.15) is 75.7 Å². The van der Waals surface area contributed by atoms with Gasteiger partial charge in [0, 0.05) is 31.7 Å². The molecule has 1 amide bonds. The number of imidazole rings is 1. The number of fused-ring (bicyclic) bond motifs is 2. The van der Waals surface area contributed by atoms with Gasteiger partial charge in [-0.3, -0.25) is 4.79 Å².